The van der Waals surface area contributed by atoms with Crippen molar-refractivity contribution in [2.75, 3.05) is 13.7 Å². The highest BCUT2D eigenvalue weighted by molar-refractivity contribution is 9.10. The van der Waals surface area contributed by atoms with E-state index < -0.39 is 0 Å². The van der Waals surface area contributed by atoms with Crippen LogP contribution in [-0.2, 0) is 0 Å². The van der Waals surface area contributed by atoms with Crippen LogP contribution in [0.4, 0.5) is 0 Å². The quantitative estimate of drug-likeness (QED) is 0.397. The van der Waals surface area contributed by atoms with Crippen molar-refractivity contribution in [1.29, 1.82) is 0 Å². The van der Waals surface area contributed by atoms with Crippen molar-refractivity contribution < 1.29 is 14.6 Å². The van der Waals surface area contributed by atoms with E-state index in [1.807, 2.05) is 61.5 Å². The SMILES string of the molecule is CCOc1cccc([C@@H]2CC(c3ccc(Cl)cc3)=N[C@H](c3ccc(OC)c(Br)c3)N2)c1O. The van der Waals surface area contributed by atoms with E-state index in [-0.39, 0.29) is 18.0 Å². The number of benzene rings is 3. The number of nitrogens with one attached hydrogen (secondary N) is 1. The number of methoxy groups -OCH3 is 1. The van der Waals surface area contributed by atoms with E-state index in [9.17, 15) is 5.11 Å². The minimum atomic E-state index is -0.309. The van der Waals surface area contributed by atoms with Crippen LogP contribution >= 0.6 is 27.5 Å². The van der Waals surface area contributed by atoms with Crippen molar-refractivity contribution in [1.82, 2.24) is 5.32 Å². The summed E-state index contributed by atoms with van der Waals surface area (Å²) >= 11 is 9.67. The second kappa shape index (κ2) is 9.94. The van der Waals surface area contributed by atoms with Gasteiger partial charge in [0.1, 0.15) is 11.9 Å². The first kappa shape index (κ1) is 22.6. The number of ether oxygens (including phenoxy) is 2. The summed E-state index contributed by atoms with van der Waals surface area (Å²) < 4.78 is 11.8. The van der Waals surface area contributed by atoms with Gasteiger partial charge in [0.2, 0.25) is 0 Å². The van der Waals surface area contributed by atoms with E-state index in [2.05, 4.69) is 21.2 Å². The largest absolute Gasteiger partial charge is 0.504 e. The van der Waals surface area contributed by atoms with Crippen molar-refractivity contribution in [3.63, 3.8) is 0 Å². The fourth-order valence-corrected chi connectivity index (χ4v) is 4.52. The molecule has 0 aliphatic carbocycles. The second-order valence-electron chi connectivity index (χ2n) is 7.43. The van der Waals surface area contributed by atoms with Crippen LogP contribution in [0.15, 0.2) is 70.1 Å². The molecule has 2 N–H and O–H groups in total. The molecule has 2 atom stereocenters. The Morgan fingerprint density at radius 1 is 1.12 bits per heavy atom. The van der Waals surface area contributed by atoms with Gasteiger partial charge in [-0.3, -0.25) is 10.3 Å². The lowest BCUT2D eigenvalue weighted by atomic mass is 9.93. The standard InChI is InChI=1S/C25H24BrClN2O3/c1-3-32-23-6-4-5-18(24(23)30)21-14-20(15-7-10-17(27)11-8-15)28-25(29-21)16-9-12-22(31-2)19(26)13-16/h4-13,21,25,29-30H,3,14H2,1-2H3/t21-,25-/m0/s1. The molecule has 1 heterocycles. The van der Waals surface area contributed by atoms with Crippen LogP contribution in [0.2, 0.25) is 5.02 Å². The van der Waals surface area contributed by atoms with Crippen molar-refractivity contribution in [3.8, 4) is 17.2 Å². The van der Waals surface area contributed by atoms with Crippen LogP contribution in [0.5, 0.6) is 17.2 Å². The molecule has 32 heavy (non-hydrogen) atoms. The molecule has 0 spiro atoms. The van der Waals surface area contributed by atoms with E-state index in [0.717, 1.165) is 32.6 Å². The first-order valence-electron chi connectivity index (χ1n) is 10.4. The van der Waals surface area contributed by atoms with Gasteiger partial charge in [0.25, 0.3) is 0 Å². The van der Waals surface area contributed by atoms with Gasteiger partial charge >= 0.3 is 0 Å². The van der Waals surface area contributed by atoms with Gasteiger partial charge < -0.3 is 14.6 Å². The summed E-state index contributed by atoms with van der Waals surface area (Å²) in [6.45, 7) is 2.38. The van der Waals surface area contributed by atoms with Crippen LogP contribution in [-0.4, -0.2) is 24.5 Å². The van der Waals surface area contributed by atoms with Crippen molar-refractivity contribution in [3.05, 3.63) is 86.8 Å². The van der Waals surface area contributed by atoms with Crippen LogP contribution in [0.25, 0.3) is 0 Å². The van der Waals surface area contributed by atoms with E-state index in [1.54, 1.807) is 13.2 Å². The third-order valence-corrected chi connectivity index (χ3v) is 6.29. The Morgan fingerprint density at radius 2 is 1.91 bits per heavy atom. The minimum Gasteiger partial charge on any atom is -0.504 e. The Balaban J connectivity index is 1.76. The molecule has 0 saturated carbocycles. The summed E-state index contributed by atoms with van der Waals surface area (Å²) in [6.07, 6.45) is 0.301. The predicted molar refractivity (Wildman–Crippen MR) is 131 cm³/mol. The molecule has 7 heteroatoms. The van der Waals surface area contributed by atoms with Gasteiger partial charge in [0.05, 0.1) is 18.2 Å². The van der Waals surface area contributed by atoms with Gasteiger partial charge in [-0.25, -0.2) is 0 Å². The first-order valence-corrected chi connectivity index (χ1v) is 11.5. The molecule has 0 radical (unpaired) electrons. The van der Waals surface area contributed by atoms with Gasteiger partial charge in [0, 0.05) is 28.8 Å². The molecule has 3 aromatic carbocycles. The van der Waals surface area contributed by atoms with Crippen LogP contribution in [0.1, 0.15) is 42.2 Å². The summed E-state index contributed by atoms with van der Waals surface area (Å²) in [7, 11) is 1.64. The lowest BCUT2D eigenvalue weighted by molar-refractivity contribution is 0.313. The van der Waals surface area contributed by atoms with Crippen LogP contribution in [0, 0.1) is 0 Å². The summed E-state index contributed by atoms with van der Waals surface area (Å²) in [4.78, 5) is 5.00. The van der Waals surface area contributed by atoms with E-state index in [1.165, 1.54) is 0 Å². The highest BCUT2D eigenvalue weighted by atomic mass is 79.9. The molecule has 0 unspecified atom stereocenters. The number of aromatic hydroxyl groups is 1. The van der Waals surface area contributed by atoms with Gasteiger partial charge in [-0.2, -0.15) is 0 Å². The van der Waals surface area contributed by atoms with Crippen molar-refractivity contribution in [2.45, 2.75) is 25.6 Å². The van der Waals surface area contributed by atoms with Gasteiger partial charge in [-0.15, -0.1) is 0 Å². The maximum atomic E-state index is 10.9. The topological polar surface area (TPSA) is 63.1 Å². The Labute approximate surface area is 201 Å². The minimum absolute atomic E-state index is 0.152. The Bertz CT molecular complexity index is 1130. The molecule has 0 saturated heterocycles. The molecule has 1 aliphatic heterocycles. The zero-order valence-corrected chi connectivity index (χ0v) is 20.2. The number of phenolic OH excluding ortho intramolecular Hbond substituents is 1. The summed E-state index contributed by atoms with van der Waals surface area (Å²) in [6, 6.07) is 19.0. The number of aliphatic imine (C=N–C) groups is 1. The molecule has 0 bridgehead atoms. The fraction of sp³-hybridized carbons (Fsp3) is 0.240. The molecular weight excluding hydrogens is 492 g/mol. The van der Waals surface area contributed by atoms with E-state index in [0.29, 0.717) is 23.8 Å². The highest BCUT2D eigenvalue weighted by Crippen LogP contribution is 2.39. The van der Waals surface area contributed by atoms with Crippen LogP contribution in [0.3, 0.4) is 0 Å². The molecule has 3 aromatic rings. The molecule has 5 nitrogen and oxygen atoms in total. The summed E-state index contributed by atoms with van der Waals surface area (Å²) in [5.74, 6) is 1.38. The van der Waals surface area contributed by atoms with Gasteiger partial charge in [-0.1, -0.05) is 41.9 Å². The molecular formula is C25H24BrClN2O3. The number of nitrogens with zero attached hydrogens (tertiary/aromatic N) is 1. The van der Waals surface area contributed by atoms with Crippen LogP contribution < -0.4 is 14.8 Å². The average molecular weight is 516 g/mol. The molecule has 166 valence electrons. The summed E-state index contributed by atoms with van der Waals surface area (Å²) in [5, 5.41) is 15.1. The second-order valence-corrected chi connectivity index (χ2v) is 8.72. The molecule has 1 aliphatic rings. The Hall–Kier alpha value is -2.54. The zero-order valence-electron chi connectivity index (χ0n) is 17.8. The monoisotopic (exact) mass is 514 g/mol. The van der Waals surface area contributed by atoms with E-state index in [4.69, 9.17) is 26.1 Å². The Morgan fingerprint density at radius 3 is 2.59 bits per heavy atom. The normalized spacial score (nSPS) is 18.2. The number of phenols is 1. The molecule has 4 rings (SSSR count). The van der Waals surface area contributed by atoms with Crippen molar-refractivity contribution >= 4 is 33.2 Å². The molecule has 0 fully saturated rings. The fourth-order valence-electron chi connectivity index (χ4n) is 3.84. The Kier molecular flexibility index (Phi) is 7.04. The zero-order chi connectivity index (χ0) is 22.7. The van der Waals surface area contributed by atoms with E-state index >= 15 is 0 Å². The smallest absolute Gasteiger partial charge is 0.162 e. The highest BCUT2D eigenvalue weighted by Gasteiger charge is 2.29. The lowest BCUT2D eigenvalue weighted by Gasteiger charge is -2.31. The average Bonchev–Trinajstić information content (AvgIpc) is 2.80. The maximum Gasteiger partial charge on any atom is 0.162 e. The molecule has 0 amide bonds. The van der Waals surface area contributed by atoms with Gasteiger partial charge in [0.15, 0.2) is 11.5 Å². The lowest BCUT2D eigenvalue weighted by Crippen LogP contribution is -2.33. The maximum absolute atomic E-state index is 10.9. The number of halogens is 2. The third kappa shape index (κ3) is 4.77. The molecule has 0 aromatic heterocycles. The van der Waals surface area contributed by atoms with Gasteiger partial charge in [-0.05, 0) is 64.3 Å². The third-order valence-electron chi connectivity index (χ3n) is 5.42. The number of rotatable bonds is 6. The van der Waals surface area contributed by atoms with Crippen molar-refractivity contribution in [2.24, 2.45) is 4.99 Å². The number of hydrogen-bond donors (Lipinski definition) is 2. The number of hydrogen-bond acceptors (Lipinski definition) is 5. The predicted octanol–water partition coefficient (Wildman–Crippen LogP) is 6.44. The summed E-state index contributed by atoms with van der Waals surface area (Å²) in [5.41, 5.74) is 3.69. The number of para-hydroxylation sites is 1. The first-order chi connectivity index (χ1) is 15.5.